The molecule has 4 rings (SSSR count). The number of pyridine rings is 1. The average Bonchev–Trinajstić information content (AvgIpc) is 3.26. The van der Waals surface area contributed by atoms with Crippen molar-refractivity contribution in [3.63, 3.8) is 0 Å². The van der Waals surface area contributed by atoms with Crippen LogP contribution in [0.2, 0.25) is 0 Å². The highest BCUT2D eigenvalue weighted by atomic mass is 19.1. The highest BCUT2D eigenvalue weighted by molar-refractivity contribution is 5.81. The maximum absolute atomic E-state index is 13.6. The average molecular weight is 477 g/mol. The summed E-state index contributed by atoms with van der Waals surface area (Å²) < 4.78 is 15.5. The molecule has 35 heavy (non-hydrogen) atoms. The topological polar surface area (TPSA) is 79.7 Å². The van der Waals surface area contributed by atoms with Gasteiger partial charge in [-0.2, -0.15) is 0 Å². The minimum absolute atomic E-state index is 0.117. The molecule has 0 saturated heterocycles. The van der Waals surface area contributed by atoms with Gasteiger partial charge >= 0.3 is 0 Å². The molecule has 0 saturated carbocycles. The second kappa shape index (κ2) is 9.70. The zero-order valence-electron chi connectivity index (χ0n) is 21.2. The molecule has 2 aromatic heterocycles. The number of hydrogen-bond acceptors (Lipinski definition) is 5. The molecule has 1 atom stereocenters. The van der Waals surface area contributed by atoms with Crippen LogP contribution in [0.5, 0.6) is 0 Å². The van der Waals surface area contributed by atoms with Gasteiger partial charge in [0, 0.05) is 18.7 Å². The second-order valence-corrected chi connectivity index (χ2v) is 10.5. The van der Waals surface area contributed by atoms with Gasteiger partial charge < -0.3 is 4.98 Å². The molecule has 1 N–H and O–H groups in total. The molecule has 0 aliphatic rings. The minimum Gasteiger partial charge on any atom is -0.321 e. The normalized spacial score (nSPS) is 13.2. The van der Waals surface area contributed by atoms with E-state index < -0.39 is 0 Å². The summed E-state index contributed by atoms with van der Waals surface area (Å²) in [4.78, 5) is 18.4. The molecular weight excluding hydrogens is 443 g/mol. The van der Waals surface area contributed by atoms with Gasteiger partial charge in [0.15, 0.2) is 5.82 Å². The Balaban J connectivity index is 1.81. The molecule has 0 radical (unpaired) electrons. The van der Waals surface area contributed by atoms with Crippen molar-refractivity contribution in [3.05, 3.63) is 87.2 Å². The number of aromatic amines is 1. The molecule has 2 aromatic carbocycles. The van der Waals surface area contributed by atoms with Crippen LogP contribution in [0, 0.1) is 18.7 Å². The van der Waals surface area contributed by atoms with Gasteiger partial charge in [0.2, 0.25) is 0 Å². The number of halogens is 1. The van der Waals surface area contributed by atoms with Gasteiger partial charge in [-0.3, -0.25) is 9.69 Å². The fourth-order valence-corrected chi connectivity index (χ4v) is 4.58. The van der Waals surface area contributed by atoms with E-state index >= 15 is 0 Å². The second-order valence-electron chi connectivity index (χ2n) is 10.5. The Morgan fingerprint density at radius 2 is 1.80 bits per heavy atom. The lowest BCUT2D eigenvalue weighted by atomic mass is 9.98. The number of rotatable bonds is 7. The van der Waals surface area contributed by atoms with Crippen molar-refractivity contribution in [1.82, 2.24) is 30.1 Å². The number of H-pyrrole nitrogens is 1. The van der Waals surface area contributed by atoms with Crippen molar-refractivity contribution in [2.45, 2.75) is 66.2 Å². The number of nitrogens with zero attached hydrogens (tertiary/aromatic N) is 5. The molecule has 0 unspecified atom stereocenters. The summed E-state index contributed by atoms with van der Waals surface area (Å²) >= 11 is 0. The van der Waals surface area contributed by atoms with Gasteiger partial charge in [0.25, 0.3) is 5.56 Å². The van der Waals surface area contributed by atoms with E-state index in [1.165, 1.54) is 12.1 Å². The predicted molar refractivity (Wildman–Crippen MR) is 135 cm³/mol. The van der Waals surface area contributed by atoms with Crippen molar-refractivity contribution < 1.29 is 4.39 Å². The summed E-state index contributed by atoms with van der Waals surface area (Å²) in [5.41, 5.74) is 3.05. The Morgan fingerprint density at radius 1 is 1.09 bits per heavy atom. The van der Waals surface area contributed by atoms with Crippen LogP contribution in [0.1, 0.15) is 63.2 Å². The number of para-hydroxylation sites is 1. The van der Waals surface area contributed by atoms with Crippen molar-refractivity contribution in [2.75, 3.05) is 0 Å². The molecule has 8 heteroatoms. The summed E-state index contributed by atoms with van der Waals surface area (Å²) in [6.07, 6.45) is 0. The van der Waals surface area contributed by atoms with E-state index in [4.69, 9.17) is 0 Å². The van der Waals surface area contributed by atoms with Crippen LogP contribution >= 0.6 is 0 Å². The maximum atomic E-state index is 13.6. The van der Waals surface area contributed by atoms with Crippen LogP contribution in [-0.2, 0) is 18.6 Å². The van der Waals surface area contributed by atoms with Crippen LogP contribution in [0.4, 0.5) is 4.39 Å². The maximum Gasteiger partial charge on any atom is 0.252 e. The van der Waals surface area contributed by atoms with E-state index in [2.05, 4.69) is 60.0 Å². The third-order valence-electron chi connectivity index (χ3n) is 6.26. The van der Waals surface area contributed by atoms with Crippen molar-refractivity contribution in [2.24, 2.45) is 5.92 Å². The van der Waals surface area contributed by atoms with Crippen molar-refractivity contribution in [1.29, 1.82) is 0 Å². The van der Waals surface area contributed by atoms with E-state index in [1.807, 2.05) is 35.9 Å². The first kappa shape index (κ1) is 24.7. The number of benzene rings is 2. The standard InChI is InChI=1S/C27H33FN6O/c1-17(2)24(25-30-31-32-34(25)27(4,5)6)33(15-19-10-12-22(28)13-11-19)16-21-14-20-9-7-8-18(3)23(20)29-26(21)35/h7-14,17,24H,15-16H2,1-6H3,(H,29,35)/t24-/m1/s1. The van der Waals surface area contributed by atoms with E-state index in [-0.39, 0.29) is 28.9 Å². The van der Waals surface area contributed by atoms with Gasteiger partial charge in [-0.25, -0.2) is 9.07 Å². The van der Waals surface area contributed by atoms with E-state index in [1.54, 1.807) is 12.1 Å². The predicted octanol–water partition coefficient (Wildman–Crippen LogP) is 5.12. The molecule has 7 nitrogen and oxygen atoms in total. The molecule has 0 aliphatic carbocycles. The third kappa shape index (κ3) is 5.32. The molecule has 2 heterocycles. The quantitative estimate of drug-likeness (QED) is 0.401. The number of hydrogen-bond donors (Lipinski definition) is 1. The summed E-state index contributed by atoms with van der Waals surface area (Å²) in [5, 5.41) is 13.7. The fraction of sp³-hybridized carbons (Fsp3) is 0.407. The van der Waals surface area contributed by atoms with E-state index in [0.717, 1.165) is 27.9 Å². The van der Waals surface area contributed by atoms with Crippen LogP contribution < -0.4 is 5.56 Å². The number of fused-ring (bicyclic) bond motifs is 1. The van der Waals surface area contributed by atoms with Crippen LogP contribution in [0.25, 0.3) is 10.9 Å². The SMILES string of the molecule is Cc1cccc2cc(CN(Cc3ccc(F)cc3)[C@@H](c3nnnn3C(C)(C)C)C(C)C)c(=O)[nH]c12. The lowest BCUT2D eigenvalue weighted by Gasteiger charge is -2.35. The van der Waals surface area contributed by atoms with Gasteiger partial charge in [-0.05, 0) is 78.8 Å². The molecule has 184 valence electrons. The first-order valence-corrected chi connectivity index (χ1v) is 11.9. The largest absolute Gasteiger partial charge is 0.321 e. The van der Waals surface area contributed by atoms with Crippen LogP contribution in [-0.4, -0.2) is 30.1 Å². The van der Waals surface area contributed by atoms with Crippen molar-refractivity contribution >= 4 is 10.9 Å². The molecule has 0 bridgehead atoms. The Bertz CT molecular complexity index is 1370. The van der Waals surface area contributed by atoms with Crippen molar-refractivity contribution in [3.8, 4) is 0 Å². The smallest absolute Gasteiger partial charge is 0.252 e. The highest BCUT2D eigenvalue weighted by Gasteiger charge is 2.33. The Morgan fingerprint density at radius 3 is 2.46 bits per heavy atom. The van der Waals surface area contributed by atoms with Gasteiger partial charge in [0.05, 0.1) is 17.1 Å². The number of aryl methyl sites for hydroxylation is 1. The van der Waals surface area contributed by atoms with E-state index in [9.17, 15) is 9.18 Å². The summed E-state index contributed by atoms with van der Waals surface area (Å²) in [6, 6.07) is 14.2. The Labute approximate surface area is 205 Å². The zero-order chi connectivity index (χ0) is 25.3. The number of nitrogens with one attached hydrogen (secondary N) is 1. The van der Waals surface area contributed by atoms with Crippen LogP contribution in [0.3, 0.4) is 0 Å². The monoisotopic (exact) mass is 476 g/mol. The number of tetrazole rings is 1. The Hall–Kier alpha value is -3.39. The molecule has 0 spiro atoms. The molecule has 0 aliphatic heterocycles. The lowest BCUT2D eigenvalue weighted by Crippen LogP contribution is -2.37. The molecular formula is C27H33FN6O. The highest BCUT2D eigenvalue weighted by Crippen LogP contribution is 2.32. The van der Waals surface area contributed by atoms with Crippen LogP contribution in [0.15, 0.2) is 53.3 Å². The van der Waals surface area contributed by atoms with Gasteiger partial charge in [-0.1, -0.05) is 44.2 Å². The molecule has 0 fully saturated rings. The van der Waals surface area contributed by atoms with Gasteiger partial charge in [0.1, 0.15) is 5.82 Å². The summed E-state index contributed by atoms with van der Waals surface area (Å²) in [5.74, 6) is 0.603. The third-order valence-corrected chi connectivity index (χ3v) is 6.26. The summed E-state index contributed by atoms with van der Waals surface area (Å²) in [6.45, 7) is 13.3. The Kier molecular flexibility index (Phi) is 6.85. The zero-order valence-corrected chi connectivity index (χ0v) is 21.2. The first-order valence-electron chi connectivity index (χ1n) is 11.9. The number of aromatic nitrogens is 5. The lowest BCUT2D eigenvalue weighted by molar-refractivity contribution is 0.119. The minimum atomic E-state index is -0.314. The van der Waals surface area contributed by atoms with E-state index in [0.29, 0.717) is 18.7 Å². The molecule has 4 aromatic rings. The molecule has 0 amide bonds. The summed E-state index contributed by atoms with van der Waals surface area (Å²) in [7, 11) is 0. The first-order chi connectivity index (χ1) is 16.5. The van der Waals surface area contributed by atoms with Gasteiger partial charge in [-0.15, -0.1) is 5.10 Å². The fourth-order valence-electron chi connectivity index (χ4n) is 4.58.